The van der Waals surface area contributed by atoms with Gasteiger partial charge in [-0.05, 0) is 48.4 Å². The van der Waals surface area contributed by atoms with Crippen molar-refractivity contribution in [2.24, 2.45) is 0 Å². The number of carbonyl (C=O) groups is 2. The van der Waals surface area contributed by atoms with Gasteiger partial charge >= 0.3 is 12.1 Å². The molecule has 3 aromatic carbocycles. The van der Waals surface area contributed by atoms with Crippen LogP contribution in [0, 0.1) is 5.82 Å². The number of hydrogen-bond acceptors (Lipinski definition) is 5. The van der Waals surface area contributed by atoms with Gasteiger partial charge in [0.15, 0.2) is 0 Å². The smallest absolute Gasteiger partial charge is 0.409 e. The van der Waals surface area contributed by atoms with Crippen molar-refractivity contribution in [2.45, 2.75) is 17.4 Å². The van der Waals surface area contributed by atoms with Crippen LogP contribution in [0.5, 0.6) is 0 Å². The molecule has 0 spiro atoms. The maximum atomic E-state index is 14.0. The number of carbonyl (C=O) groups excluding carboxylic acids is 1. The van der Waals surface area contributed by atoms with E-state index in [0.717, 1.165) is 17.7 Å². The fourth-order valence-electron chi connectivity index (χ4n) is 3.70. The number of benzene rings is 3. The molecule has 4 rings (SSSR count). The minimum Gasteiger partial charge on any atom is -0.465 e. The number of sulfonamides is 1. The first kappa shape index (κ1) is 25.4. The second kappa shape index (κ2) is 10.9. The van der Waals surface area contributed by atoms with Gasteiger partial charge in [0.05, 0.1) is 6.04 Å². The molecule has 0 radical (unpaired) electrons. The van der Waals surface area contributed by atoms with Crippen LogP contribution in [-0.4, -0.2) is 35.2 Å². The fraction of sp³-hybridized carbons (Fsp3) is 0.0800. The van der Waals surface area contributed by atoms with Crippen LogP contribution >= 0.6 is 0 Å². The normalized spacial score (nSPS) is 11.9. The van der Waals surface area contributed by atoms with E-state index in [-0.39, 0.29) is 6.42 Å². The second-order valence-electron chi connectivity index (χ2n) is 7.88. The first-order chi connectivity index (χ1) is 17.7. The molecule has 1 aromatic heterocycles. The molecule has 0 aliphatic heterocycles. The molecular weight excluding hydrogens is 501 g/mol. The zero-order valence-electron chi connectivity index (χ0n) is 19.2. The summed E-state index contributed by atoms with van der Waals surface area (Å²) in [5.41, 5.74) is 1.85. The van der Waals surface area contributed by atoms with E-state index in [9.17, 15) is 22.4 Å². The van der Waals surface area contributed by atoms with Crippen LogP contribution in [-0.2, 0) is 16.4 Å². The van der Waals surface area contributed by atoms with Gasteiger partial charge in [0, 0.05) is 23.8 Å². The Kier molecular flexibility index (Phi) is 7.49. The lowest BCUT2D eigenvalue weighted by Gasteiger charge is -2.21. The van der Waals surface area contributed by atoms with Crippen molar-refractivity contribution >= 4 is 27.8 Å². The topological polar surface area (TPSA) is 142 Å². The van der Waals surface area contributed by atoms with Crippen LogP contribution < -0.4 is 15.4 Å². The number of urea groups is 1. The lowest BCUT2D eigenvalue weighted by Crippen LogP contribution is -2.42. The van der Waals surface area contributed by atoms with Gasteiger partial charge in [0.1, 0.15) is 16.5 Å². The number of carboxylic acid groups (broad SMARTS) is 1. The monoisotopic (exact) mass is 523 g/mol. The third kappa shape index (κ3) is 6.30. The fourth-order valence-corrected chi connectivity index (χ4v) is 4.70. The summed E-state index contributed by atoms with van der Waals surface area (Å²) in [5.74, 6) is -0.596. The Hall–Kier alpha value is -4.71. The lowest BCUT2D eigenvalue weighted by atomic mass is 10.1. The van der Waals surface area contributed by atoms with Crippen molar-refractivity contribution in [3.63, 3.8) is 0 Å². The summed E-state index contributed by atoms with van der Waals surface area (Å²) in [4.78, 5) is 27.4. The molecule has 10 nitrogen and oxygen atoms in total. The molecule has 12 heteroatoms. The Morgan fingerprint density at radius 3 is 2.32 bits per heavy atom. The SMILES string of the molecule is O=C(O)Nc1ccc(-n2ccnc2C(Cc2ccccc2)NC(=O)NS(=O)(=O)c2ccccc2F)cc1. The van der Waals surface area contributed by atoms with Gasteiger partial charge in [-0.1, -0.05) is 42.5 Å². The lowest BCUT2D eigenvalue weighted by molar-refractivity contribution is 0.209. The van der Waals surface area contributed by atoms with Gasteiger partial charge < -0.3 is 15.0 Å². The Balaban J connectivity index is 1.62. The Labute approximate surface area is 211 Å². The third-order valence-electron chi connectivity index (χ3n) is 5.32. The molecule has 4 N–H and O–H groups in total. The standard InChI is InChI=1S/C25H22FN5O5S/c26-20-8-4-5-9-22(20)37(35,36)30-24(32)29-21(16-17-6-2-1-3-7-17)23-27-14-15-31(23)19-12-10-18(11-13-19)28-25(33)34/h1-15,21,28H,16H2,(H,33,34)(H2,29,30,32). The van der Waals surface area contributed by atoms with E-state index in [1.165, 1.54) is 18.3 Å². The zero-order chi connectivity index (χ0) is 26.4. The zero-order valence-corrected chi connectivity index (χ0v) is 20.0. The highest BCUT2D eigenvalue weighted by Gasteiger charge is 2.25. The van der Waals surface area contributed by atoms with Crippen molar-refractivity contribution < 1.29 is 27.5 Å². The average molecular weight is 524 g/mol. The molecule has 0 aliphatic rings. The largest absolute Gasteiger partial charge is 0.465 e. The van der Waals surface area contributed by atoms with Crippen molar-refractivity contribution in [2.75, 3.05) is 5.32 Å². The van der Waals surface area contributed by atoms with Crippen molar-refractivity contribution in [1.29, 1.82) is 0 Å². The van der Waals surface area contributed by atoms with Crippen LogP contribution in [0.15, 0.2) is 96.2 Å². The van der Waals surface area contributed by atoms with Gasteiger partial charge in [0.25, 0.3) is 10.0 Å². The Morgan fingerprint density at radius 1 is 0.973 bits per heavy atom. The maximum Gasteiger partial charge on any atom is 0.409 e. The molecule has 1 atom stereocenters. The number of aromatic nitrogens is 2. The van der Waals surface area contributed by atoms with Crippen molar-refractivity contribution in [3.8, 4) is 5.69 Å². The number of anilines is 1. The molecule has 1 unspecified atom stereocenters. The minimum absolute atomic E-state index is 0.268. The highest BCUT2D eigenvalue weighted by Crippen LogP contribution is 2.22. The van der Waals surface area contributed by atoms with Crippen LogP contribution in [0.25, 0.3) is 5.69 Å². The van der Waals surface area contributed by atoms with E-state index in [2.05, 4.69) is 15.6 Å². The summed E-state index contributed by atoms with van der Waals surface area (Å²) < 4.78 is 42.8. The van der Waals surface area contributed by atoms with E-state index in [4.69, 9.17) is 5.11 Å². The first-order valence-electron chi connectivity index (χ1n) is 11.0. The molecule has 0 saturated carbocycles. The van der Waals surface area contributed by atoms with E-state index < -0.39 is 38.9 Å². The summed E-state index contributed by atoms with van der Waals surface area (Å²) >= 11 is 0. The van der Waals surface area contributed by atoms with Gasteiger partial charge in [-0.2, -0.15) is 0 Å². The van der Waals surface area contributed by atoms with Crippen LogP contribution in [0.4, 0.5) is 19.7 Å². The third-order valence-corrected chi connectivity index (χ3v) is 6.68. The van der Waals surface area contributed by atoms with E-state index in [1.807, 2.05) is 35.1 Å². The summed E-state index contributed by atoms with van der Waals surface area (Å²) in [6.07, 6.45) is 2.25. The van der Waals surface area contributed by atoms with E-state index in [0.29, 0.717) is 17.2 Å². The molecule has 0 bridgehead atoms. The summed E-state index contributed by atoms with van der Waals surface area (Å²) in [5, 5.41) is 13.8. The summed E-state index contributed by atoms with van der Waals surface area (Å²) in [7, 11) is -4.47. The van der Waals surface area contributed by atoms with Crippen LogP contribution in [0.3, 0.4) is 0 Å². The highest BCUT2D eigenvalue weighted by atomic mass is 32.2. The molecule has 0 saturated heterocycles. The quantitative estimate of drug-likeness (QED) is 0.274. The van der Waals surface area contributed by atoms with Crippen molar-refractivity contribution in [3.05, 3.63) is 108 Å². The van der Waals surface area contributed by atoms with Gasteiger partial charge in [-0.3, -0.25) is 5.32 Å². The number of hydrogen-bond donors (Lipinski definition) is 4. The molecular formula is C25H22FN5O5S. The number of rotatable bonds is 8. The average Bonchev–Trinajstić information content (AvgIpc) is 3.34. The number of nitrogens with zero attached hydrogens (tertiary/aromatic N) is 2. The number of halogens is 1. The second-order valence-corrected chi connectivity index (χ2v) is 9.53. The maximum absolute atomic E-state index is 14.0. The Bertz CT molecular complexity index is 1510. The molecule has 1 heterocycles. The van der Waals surface area contributed by atoms with Gasteiger partial charge in [-0.25, -0.2) is 32.1 Å². The molecule has 37 heavy (non-hydrogen) atoms. The van der Waals surface area contributed by atoms with E-state index >= 15 is 0 Å². The molecule has 190 valence electrons. The van der Waals surface area contributed by atoms with Crippen LogP contribution in [0.2, 0.25) is 0 Å². The number of amides is 3. The summed E-state index contributed by atoms with van der Waals surface area (Å²) in [6, 6.07) is 18.6. The van der Waals surface area contributed by atoms with Crippen molar-refractivity contribution in [1.82, 2.24) is 19.6 Å². The summed E-state index contributed by atoms with van der Waals surface area (Å²) in [6.45, 7) is 0. The highest BCUT2D eigenvalue weighted by molar-refractivity contribution is 7.90. The predicted octanol–water partition coefficient (Wildman–Crippen LogP) is 4.07. The Morgan fingerprint density at radius 2 is 1.65 bits per heavy atom. The first-order valence-corrected chi connectivity index (χ1v) is 12.5. The van der Waals surface area contributed by atoms with Crippen LogP contribution in [0.1, 0.15) is 17.4 Å². The van der Waals surface area contributed by atoms with Gasteiger partial charge in [0.2, 0.25) is 0 Å². The predicted molar refractivity (Wildman–Crippen MR) is 133 cm³/mol. The number of nitrogens with one attached hydrogen (secondary N) is 3. The van der Waals surface area contributed by atoms with Gasteiger partial charge in [-0.15, -0.1) is 0 Å². The molecule has 0 fully saturated rings. The molecule has 0 aliphatic carbocycles. The molecule has 3 amide bonds. The molecule has 4 aromatic rings. The number of imidazole rings is 1. The minimum atomic E-state index is -4.47. The van der Waals surface area contributed by atoms with E-state index in [1.54, 1.807) is 35.0 Å².